The molecule has 0 aromatic heterocycles. The molecular weight excluding hydrogens is 701 g/mol. The number of nitrogens with one attached hydrogen (secondary N) is 2. The number of piperidine rings is 1. The monoisotopic (exact) mass is 742 g/mol. The van der Waals surface area contributed by atoms with Gasteiger partial charge >= 0.3 is 20.4 Å². The van der Waals surface area contributed by atoms with Crippen LogP contribution in [0.1, 0.15) is 12.8 Å². The molecule has 2 heterocycles. The second-order valence-electron chi connectivity index (χ2n) is 10.7. The van der Waals surface area contributed by atoms with E-state index in [2.05, 4.69) is 132 Å². The molecule has 4 N–H and O–H groups in total. The zero-order valence-electron chi connectivity index (χ0n) is 25.8. The Balaban J connectivity index is 0.000000248. The predicted octanol–water partition coefficient (Wildman–Crippen LogP) is 4.29. The van der Waals surface area contributed by atoms with E-state index in [4.69, 9.17) is 11.1 Å². The number of amides is 1. The van der Waals surface area contributed by atoms with Crippen LogP contribution in [0.5, 0.6) is 0 Å². The first-order valence-corrected chi connectivity index (χ1v) is 18.7. The van der Waals surface area contributed by atoms with Crippen molar-refractivity contribution in [1.82, 2.24) is 5.32 Å². The number of nitrogens with zero attached hydrogens (tertiary/aromatic N) is 1. The molecule has 0 radical (unpaired) electrons. The van der Waals surface area contributed by atoms with Gasteiger partial charge in [0.15, 0.2) is 5.90 Å². The topological polar surface area (TPSA) is 116 Å². The van der Waals surface area contributed by atoms with Gasteiger partial charge in [0.05, 0.1) is 0 Å². The molecule has 6 rings (SSSR count). The molecule has 2 aliphatic rings. The molecule has 1 amide bonds. The molecule has 0 unspecified atom stereocenters. The van der Waals surface area contributed by atoms with Crippen molar-refractivity contribution in [2.24, 2.45) is 11.7 Å². The molecule has 4 aromatic rings. The van der Waals surface area contributed by atoms with Crippen molar-refractivity contribution < 1.29 is 30.3 Å². The van der Waals surface area contributed by atoms with E-state index < -0.39 is 21.7 Å². The normalized spacial score (nSPS) is 13.9. The maximum atomic E-state index is 10.5. The van der Waals surface area contributed by atoms with Crippen molar-refractivity contribution in [3.63, 3.8) is 0 Å². The third-order valence-corrected chi connectivity index (χ3v) is 14.5. The zero-order chi connectivity index (χ0) is 31.7. The summed E-state index contributed by atoms with van der Waals surface area (Å²) in [4.78, 5) is 10.5. The average molecular weight is 743 g/mol. The molecule has 240 valence electrons. The first-order chi connectivity index (χ1) is 22.0. The Morgan fingerprint density at radius 2 is 1.15 bits per heavy atom. The quantitative estimate of drug-likeness (QED) is 0.108. The minimum absolute atomic E-state index is 0. The van der Waals surface area contributed by atoms with E-state index in [0.29, 0.717) is 12.1 Å². The summed E-state index contributed by atoms with van der Waals surface area (Å²) >= 11 is 0. The maximum Gasteiger partial charge on any atom is 2.00 e. The Morgan fingerprint density at radius 3 is 1.41 bits per heavy atom. The van der Waals surface area contributed by atoms with Crippen molar-refractivity contribution >= 4 is 48.9 Å². The number of rotatable bonds is 8. The second kappa shape index (κ2) is 20.7. The Labute approximate surface area is 289 Å². The van der Waals surface area contributed by atoms with Crippen LogP contribution >= 0.6 is 15.8 Å². The van der Waals surface area contributed by atoms with Gasteiger partial charge in [0, 0.05) is 12.5 Å². The van der Waals surface area contributed by atoms with Crippen LogP contribution in [-0.4, -0.2) is 37.3 Å². The molecule has 0 bridgehead atoms. The fraction of sp³-hybridized carbons (Fsp3) is 0.189. The molecular formula is C37H42N4O2P2Pd+2. The number of carbonyl (C=O) groups excluding carboxylic acids is 1. The maximum absolute atomic E-state index is 10.5. The Hall–Kier alpha value is -3.42. The average Bonchev–Trinajstić information content (AvgIpc) is 3.11. The molecule has 9 heteroatoms. The molecule has 1 fully saturated rings. The van der Waals surface area contributed by atoms with Crippen LogP contribution in [0.4, 0.5) is 0 Å². The minimum atomic E-state index is -0.847. The summed E-state index contributed by atoms with van der Waals surface area (Å²) < 4.78 is 0. The van der Waals surface area contributed by atoms with Crippen molar-refractivity contribution in [3.05, 3.63) is 151 Å². The summed E-state index contributed by atoms with van der Waals surface area (Å²) in [5.74, 6) is 0.567. The van der Waals surface area contributed by atoms with Crippen LogP contribution in [-0.2, 0) is 25.2 Å². The van der Waals surface area contributed by atoms with Gasteiger partial charge in [-0.2, -0.15) is 0 Å². The third-order valence-electron chi connectivity index (χ3n) is 7.60. The molecule has 4 aromatic carbocycles. The van der Waals surface area contributed by atoms with E-state index in [-0.39, 0.29) is 32.2 Å². The van der Waals surface area contributed by atoms with Gasteiger partial charge in [0.1, 0.15) is 37.1 Å². The summed E-state index contributed by atoms with van der Waals surface area (Å²) in [5.41, 5.74) is 5.55. The summed E-state index contributed by atoms with van der Waals surface area (Å²) in [5, 5.41) is 30.0. The summed E-state index contributed by atoms with van der Waals surface area (Å²) in [6.45, 7) is 2.28. The first-order valence-electron chi connectivity index (χ1n) is 15.2. The smallest absolute Gasteiger partial charge is 0.859 e. The number of benzene rings is 4. The molecule has 1 saturated heterocycles. The second-order valence-corrected chi connectivity index (χ2v) is 16.3. The van der Waals surface area contributed by atoms with Gasteiger partial charge in [0.2, 0.25) is 5.91 Å². The van der Waals surface area contributed by atoms with E-state index in [1.165, 1.54) is 27.1 Å². The molecule has 0 spiro atoms. The fourth-order valence-electron chi connectivity index (χ4n) is 5.13. The van der Waals surface area contributed by atoms with Crippen LogP contribution in [0.25, 0.3) is 5.32 Å². The fourth-order valence-corrected chi connectivity index (χ4v) is 12.9. The molecule has 2 aliphatic heterocycles. The first kappa shape index (κ1) is 37.0. The Bertz CT molecular complexity index is 1360. The number of carbonyl (C=O) groups is 1. The van der Waals surface area contributed by atoms with Crippen LogP contribution in [0.3, 0.4) is 0 Å². The molecule has 0 aliphatic carbocycles. The van der Waals surface area contributed by atoms with Gasteiger partial charge in [0.25, 0.3) is 0 Å². The van der Waals surface area contributed by atoms with Gasteiger partial charge in [-0.05, 0) is 72.3 Å². The summed E-state index contributed by atoms with van der Waals surface area (Å²) in [6, 6.07) is 44.5. The number of primary amides is 1. The van der Waals surface area contributed by atoms with Crippen LogP contribution < -0.4 is 37.4 Å². The van der Waals surface area contributed by atoms with Crippen molar-refractivity contribution in [1.29, 1.82) is 5.41 Å². The van der Waals surface area contributed by atoms with Gasteiger partial charge < -0.3 is 26.9 Å². The number of hydrogen-bond acceptors (Lipinski definition) is 4. The van der Waals surface area contributed by atoms with E-state index >= 15 is 0 Å². The minimum Gasteiger partial charge on any atom is -0.859 e. The third kappa shape index (κ3) is 12.1. The van der Waals surface area contributed by atoms with E-state index in [0.717, 1.165) is 25.9 Å². The molecule has 46 heavy (non-hydrogen) atoms. The number of dihydropyridines is 1. The van der Waals surface area contributed by atoms with E-state index in [1.54, 1.807) is 18.4 Å². The van der Waals surface area contributed by atoms with Gasteiger partial charge in [-0.3, -0.25) is 4.79 Å². The number of nitrogens with two attached hydrogens (primary N) is 1. The van der Waals surface area contributed by atoms with Crippen LogP contribution in [0, 0.1) is 11.3 Å². The predicted molar refractivity (Wildman–Crippen MR) is 194 cm³/mol. The van der Waals surface area contributed by atoms with Crippen LogP contribution in [0.2, 0.25) is 0 Å². The van der Waals surface area contributed by atoms with Crippen molar-refractivity contribution in [3.8, 4) is 0 Å². The largest absolute Gasteiger partial charge is 2.00 e. The standard InChI is InChI=1S/C25H22P2.C6H11N2O.C6H8N2O.Pd/c1-5-13-22(14-6-1)26(23-15-7-2-8-16-23)21-27(24-17-9-3-10-18-24)25-19-11-4-12-20-25;2*7-6(9)5-1-3-8-4-2-5;/h1-20H,21H2;5H,1-4H2,(H2,7,9);1-3,8H,4H2,(H2,7,9);/q;-1;;+2/p+1. The summed E-state index contributed by atoms with van der Waals surface area (Å²) in [7, 11) is -1.69. The van der Waals surface area contributed by atoms with Gasteiger partial charge in [-0.1, -0.05) is 91.7 Å². The SMILES string of the molecule is N=C([O-])C1=CCNC=C1.NC(=O)C1CC[N-]CC1.[Pd+2].c1ccc([PH+](C[PH+](c2ccccc2)c2ccccc2)c2ccccc2)cc1. The number of hydrogen-bond donors (Lipinski definition) is 3. The van der Waals surface area contributed by atoms with Crippen molar-refractivity contribution in [2.75, 3.05) is 25.5 Å². The van der Waals surface area contributed by atoms with E-state index in [9.17, 15) is 9.90 Å². The molecule has 6 nitrogen and oxygen atoms in total. The Morgan fingerprint density at radius 1 is 0.761 bits per heavy atom. The molecule has 0 saturated carbocycles. The Kier molecular flexibility index (Phi) is 16.6. The van der Waals surface area contributed by atoms with Crippen molar-refractivity contribution in [2.45, 2.75) is 12.8 Å². The zero-order valence-corrected chi connectivity index (χ0v) is 29.3. The van der Waals surface area contributed by atoms with Crippen LogP contribution in [0.15, 0.2) is 145 Å². The molecule has 0 atom stereocenters. The summed E-state index contributed by atoms with van der Waals surface area (Å²) in [6.07, 6.45) is 6.67. The van der Waals surface area contributed by atoms with Gasteiger partial charge in [-0.15, -0.1) is 13.1 Å². The van der Waals surface area contributed by atoms with Gasteiger partial charge in [-0.25, -0.2) is 0 Å². The van der Waals surface area contributed by atoms with E-state index in [1.807, 2.05) is 0 Å².